The quantitative estimate of drug-likeness (QED) is 0.872. The number of nitriles is 1. The van der Waals surface area contributed by atoms with Gasteiger partial charge in [-0.1, -0.05) is 0 Å². The summed E-state index contributed by atoms with van der Waals surface area (Å²) in [6.45, 7) is 1.67. The molecule has 108 valence electrons. The number of carbonyl (C=O) groups excluding carboxylic acids is 1. The largest absolute Gasteiger partial charge is 0.341 e. The van der Waals surface area contributed by atoms with Crippen LogP contribution in [0.2, 0.25) is 0 Å². The summed E-state index contributed by atoms with van der Waals surface area (Å²) in [5.74, 6) is 1.47. The minimum atomic E-state index is -0.0598. The second-order valence-electron chi connectivity index (χ2n) is 5.36. The number of amides is 1. The van der Waals surface area contributed by atoms with E-state index in [0.29, 0.717) is 22.9 Å². The fraction of sp³-hybridized carbons (Fsp3) is 0.400. The van der Waals surface area contributed by atoms with Gasteiger partial charge in [0.15, 0.2) is 0 Å². The average molecular weight is 300 g/mol. The van der Waals surface area contributed by atoms with Gasteiger partial charge in [-0.05, 0) is 23.8 Å². The van der Waals surface area contributed by atoms with E-state index in [1.54, 1.807) is 16.3 Å². The molecule has 1 aliphatic rings. The highest BCUT2D eigenvalue weighted by Crippen LogP contribution is 2.22. The van der Waals surface area contributed by atoms with Crippen molar-refractivity contribution < 1.29 is 4.79 Å². The zero-order chi connectivity index (χ0) is 14.8. The molecule has 0 saturated heterocycles. The number of carbonyl (C=O) groups is 1. The van der Waals surface area contributed by atoms with Crippen LogP contribution in [0.5, 0.6) is 0 Å². The van der Waals surface area contributed by atoms with E-state index in [4.69, 9.17) is 5.26 Å². The molecule has 2 aromatic heterocycles. The molecule has 0 aromatic carbocycles. The highest BCUT2D eigenvalue weighted by atomic mass is 32.1. The SMILES string of the molecule is CN(C[C@@H]1CCn2ccnc2C1)C(=O)c1sccc1C#N. The van der Waals surface area contributed by atoms with Crippen LogP contribution >= 0.6 is 11.3 Å². The van der Waals surface area contributed by atoms with E-state index in [1.165, 1.54) is 11.3 Å². The first-order chi connectivity index (χ1) is 10.2. The highest BCUT2D eigenvalue weighted by molar-refractivity contribution is 7.12. The Bertz CT molecular complexity index is 697. The van der Waals surface area contributed by atoms with Crippen LogP contribution < -0.4 is 0 Å². The predicted octanol–water partition coefficient (Wildman–Crippen LogP) is 2.15. The van der Waals surface area contributed by atoms with E-state index >= 15 is 0 Å². The van der Waals surface area contributed by atoms with Crippen LogP contribution in [-0.2, 0) is 13.0 Å². The lowest BCUT2D eigenvalue weighted by Gasteiger charge is -2.27. The van der Waals surface area contributed by atoms with Gasteiger partial charge in [0.2, 0.25) is 0 Å². The lowest BCUT2D eigenvalue weighted by Crippen LogP contribution is -2.34. The average Bonchev–Trinajstić information content (AvgIpc) is 3.14. The monoisotopic (exact) mass is 300 g/mol. The summed E-state index contributed by atoms with van der Waals surface area (Å²) in [5, 5.41) is 10.8. The summed E-state index contributed by atoms with van der Waals surface area (Å²) in [4.78, 5) is 19.0. The third-order valence-corrected chi connectivity index (χ3v) is 4.81. The van der Waals surface area contributed by atoms with Crippen molar-refractivity contribution in [3.05, 3.63) is 40.1 Å². The molecular formula is C15H16N4OS. The maximum Gasteiger partial charge on any atom is 0.265 e. The van der Waals surface area contributed by atoms with Gasteiger partial charge in [0.1, 0.15) is 16.8 Å². The molecule has 0 fully saturated rings. The number of rotatable bonds is 3. The van der Waals surface area contributed by atoms with E-state index in [0.717, 1.165) is 25.2 Å². The van der Waals surface area contributed by atoms with Gasteiger partial charge in [-0.3, -0.25) is 4.79 Å². The molecule has 0 radical (unpaired) electrons. The predicted molar refractivity (Wildman–Crippen MR) is 80.0 cm³/mol. The van der Waals surface area contributed by atoms with Crippen LogP contribution in [0, 0.1) is 17.2 Å². The Morgan fingerprint density at radius 2 is 2.52 bits per heavy atom. The topological polar surface area (TPSA) is 61.9 Å². The van der Waals surface area contributed by atoms with Crippen molar-refractivity contribution in [1.82, 2.24) is 14.5 Å². The van der Waals surface area contributed by atoms with Gasteiger partial charge in [0.05, 0.1) is 5.56 Å². The number of hydrogen-bond donors (Lipinski definition) is 0. The molecule has 2 aromatic rings. The summed E-state index contributed by atoms with van der Waals surface area (Å²) >= 11 is 1.33. The smallest absolute Gasteiger partial charge is 0.265 e. The summed E-state index contributed by atoms with van der Waals surface area (Å²) in [6, 6.07) is 3.77. The number of hydrogen-bond acceptors (Lipinski definition) is 4. The normalized spacial score (nSPS) is 17.0. The fourth-order valence-corrected chi connectivity index (χ4v) is 3.62. The molecule has 3 heterocycles. The molecule has 1 aliphatic heterocycles. The van der Waals surface area contributed by atoms with E-state index in [9.17, 15) is 4.79 Å². The third kappa shape index (κ3) is 2.69. The highest BCUT2D eigenvalue weighted by Gasteiger charge is 2.24. The Hall–Kier alpha value is -2.13. The molecule has 0 aliphatic carbocycles. The third-order valence-electron chi connectivity index (χ3n) is 3.91. The zero-order valence-corrected chi connectivity index (χ0v) is 12.6. The Kier molecular flexibility index (Phi) is 3.76. The number of thiophene rings is 1. The Balaban J connectivity index is 1.66. The maximum atomic E-state index is 12.4. The summed E-state index contributed by atoms with van der Waals surface area (Å²) in [7, 11) is 1.81. The fourth-order valence-electron chi connectivity index (χ4n) is 2.78. The van der Waals surface area contributed by atoms with Crippen molar-refractivity contribution in [3.63, 3.8) is 0 Å². The second kappa shape index (κ2) is 5.70. The molecule has 6 heteroatoms. The van der Waals surface area contributed by atoms with Crippen molar-refractivity contribution in [2.24, 2.45) is 5.92 Å². The zero-order valence-electron chi connectivity index (χ0n) is 11.8. The van der Waals surface area contributed by atoms with Crippen molar-refractivity contribution in [1.29, 1.82) is 5.26 Å². The first kappa shape index (κ1) is 13.8. The van der Waals surface area contributed by atoms with Crippen LogP contribution in [-0.4, -0.2) is 34.0 Å². The van der Waals surface area contributed by atoms with Gasteiger partial charge in [-0.15, -0.1) is 11.3 Å². The van der Waals surface area contributed by atoms with Gasteiger partial charge >= 0.3 is 0 Å². The van der Waals surface area contributed by atoms with Crippen LogP contribution in [0.4, 0.5) is 0 Å². The number of aromatic nitrogens is 2. The minimum absolute atomic E-state index is 0.0598. The number of aryl methyl sites for hydroxylation is 1. The van der Waals surface area contributed by atoms with Crippen molar-refractivity contribution >= 4 is 17.2 Å². The van der Waals surface area contributed by atoms with E-state index in [2.05, 4.69) is 15.6 Å². The molecule has 0 unspecified atom stereocenters. The summed E-state index contributed by atoms with van der Waals surface area (Å²) in [6.07, 6.45) is 5.79. The Morgan fingerprint density at radius 3 is 3.33 bits per heavy atom. The minimum Gasteiger partial charge on any atom is -0.341 e. The van der Waals surface area contributed by atoms with Gasteiger partial charge in [0, 0.05) is 39.0 Å². The molecule has 5 nitrogen and oxygen atoms in total. The Labute approximate surface area is 127 Å². The molecule has 3 rings (SSSR count). The van der Waals surface area contributed by atoms with Gasteiger partial charge in [0.25, 0.3) is 5.91 Å². The van der Waals surface area contributed by atoms with Crippen molar-refractivity contribution in [2.45, 2.75) is 19.4 Å². The molecule has 1 atom stereocenters. The van der Waals surface area contributed by atoms with Crippen LogP contribution in [0.1, 0.15) is 27.5 Å². The molecule has 0 bridgehead atoms. The van der Waals surface area contributed by atoms with E-state index in [1.807, 2.05) is 19.4 Å². The van der Waals surface area contributed by atoms with Gasteiger partial charge in [-0.25, -0.2) is 4.98 Å². The lowest BCUT2D eigenvalue weighted by atomic mass is 9.97. The van der Waals surface area contributed by atoms with E-state index in [-0.39, 0.29) is 5.91 Å². The summed E-state index contributed by atoms with van der Waals surface area (Å²) in [5.41, 5.74) is 0.469. The maximum absolute atomic E-state index is 12.4. The van der Waals surface area contributed by atoms with Crippen molar-refractivity contribution in [3.8, 4) is 6.07 Å². The standard InChI is InChI=1S/C15H16N4OS/c1-18(15(20)14-12(9-16)3-7-21-14)10-11-2-5-19-6-4-17-13(19)8-11/h3-4,6-7,11H,2,5,8,10H2,1H3/t11-/m1/s1. The van der Waals surface area contributed by atoms with Crippen LogP contribution in [0.15, 0.2) is 23.8 Å². The molecular weight excluding hydrogens is 284 g/mol. The van der Waals surface area contributed by atoms with Crippen LogP contribution in [0.25, 0.3) is 0 Å². The number of imidazole rings is 1. The molecule has 0 N–H and O–H groups in total. The van der Waals surface area contributed by atoms with Crippen LogP contribution in [0.3, 0.4) is 0 Å². The van der Waals surface area contributed by atoms with Gasteiger partial charge in [-0.2, -0.15) is 5.26 Å². The first-order valence-electron chi connectivity index (χ1n) is 6.92. The number of fused-ring (bicyclic) bond motifs is 1. The molecule has 1 amide bonds. The van der Waals surface area contributed by atoms with E-state index < -0.39 is 0 Å². The molecule has 0 spiro atoms. The van der Waals surface area contributed by atoms with Crippen molar-refractivity contribution in [2.75, 3.05) is 13.6 Å². The van der Waals surface area contributed by atoms with Gasteiger partial charge < -0.3 is 9.47 Å². The first-order valence-corrected chi connectivity index (χ1v) is 7.80. The molecule has 0 saturated carbocycles. The second-order valence-corrected chi connectivity index (χ2v) is 6.27. The summed E-state index contributed by atoms with van der Waals surface area (Å²) < 4.78 is 2.17. The number of nitrogens with zero attached hydrogens (tertiary/aromatic N) is 4. The molecule has 21 heavy (non-hydrogen) atoms. The lowest BCUT2D eigenvalue weighted by molar-refractivity contribution is 0.0768. The Morgan fingerprint density at radius 1 is 1.67 bits per heavy atom.